The molecule has 1 heterocycles. The second-order valence-corrected chi connectivity index (χ2v) is 13.6. The van der Waals surface area contributed by atoms with Crippen molar-refractivity contribution in [2.45, 2.75) is 91.4 Å². The molecule has 2 aromatic carbocycles. The van der Waals surface area contributed by atoms with Gasteiger partial charge in [0.2, 0.25) is 5.91 Å². The van der Waals surface area contributed by atoms with Gasteiger partial charge in [-0.15, -0.1) is 0 Å². The van der Waals surface area contributed by atoms with Gasteiger partial charge in [0, 0.05) is 18.8 Å². The highest BCUT2D eigenvalue weighted by Crippen LogP contribution is 2.39. The highest BCUT2D eigenvalue weighted by Gasteiger charge is 2.36. The number of amides is 1. The van der Waals surface area contributed by atoms with Crippen LogP contribution in [0.1, 0.15) is 89.7 Å². The van der Waals surface area contributed by atoms with Gasteiger partial charge >= 0.3 is 12.1 Å². The molecule has 1 unspecified atom stereocenters. The van der Waals surface area contributed by atoms with E-state index in [1.165, 1.54) is 5.56 Å². The van der Waals surface area contributed by atoms with Crippen molar-refractivity contribution >= 4 is 11.9 Å². The maximum absolute atomic E-state index is 14.1. The fourth-order valence-corrected chi connectivity index (χ4v) is 6.89. The number of hydrogen-bond acceptors (Lipinski definition) is 4. The predicted octanol–water partition coefficient (Wildman–Crippen LogP) is 6.97. The van der Waals surface area contributed by atoms with Crippen LogP contribution in [0, 0.1) is 26.7 Å². The number of fused-ring (bicyclic) bond motifs is 1. The highest BCUT2D eigenvalue weighted by atomic mass is 19.4. The number of nitrogens with zero attached hydrogens (tertiary/aromatic N) is 2. The van der Waals surface area contributed by atoms with E-state index in [0.717, 1.165) is 63.4 Å². The van der Waals surface area contributed by atoms with E-state index in [1.54, 1.807) is 19.0 Å². The molecule has 2 atom stereocenters. The molecule has 1 aromatic heterocycles. The number of halogens is 3. The van der Waals surface area contributed by atoms with Gasteiger partial charge in [0.1, 0.15) is 6.04 Å². The zero-order valence-electron chi connectivity index (χ0n) is 28.3. The maximum Gasteiger partial charge on any atom is 0.416 e. The second-order valence-electron chi connectivity index (χ2n) is 13.6. The fourth-order valence-electron chi connectivity index (χ4n) is 6.89. The van der Waals surface area contributed by atoms with Gasteiger partial charge < -0.3 is 19.9 Å². The molecule has 3 aromatic rings. The maximum atomic E-state index is 14.1. The van der Waals surface area contributed by atoms with Crippen molar-refractivity contribution in [2.24, 2.45) is 5.92 Å². The summed E-state index contributed by atoms with van der Waals surface area (Å²) in [5.41, 5.74) is 6.43. The lowest BCUT2D eigenvalue weighted by atomic mass is 9.86. The lowest BCUT2D eigenvalue weighted by Gasteiger charge is -2.27. The van der Waals surface area contributed by atoms with E-state index in [9.17, 15) is 32.7 Å². The number of carboxylic acids is 1. The number of aliphatic carboxylic acids is 1. The zero-order valence-corrected chi connectivity index (χ0v) is 28.3. The summed E-state index contributed by atoms with van der Waals surface area (Å²) in [6.07, 6.45) is -1.09. The summed E-state index contributed by atoms with van der Waals surface area (Å²) >= 11 is 0. The summed E-state index contributed by atoms with van der Waals surface area (Å²) in [5.74, 6) is -1.82. The van der Waals surface area contributed by atoms with Crippen LogP contribution in [0.2, 0.25) is 0 Å². The molecule has 7 nitrogen and oxygen atoms in total. The molecule has 0 saturated carbocycles. The third kappa shape index (κ3) is 8.52. The first-order valence-corrected chi connectivity index (χ1v) is 16.2. The van der Waals surface area contributed by atoms with Gasteiger partial charge in [0.25, 0.3) is 5.56 Å². The SMILES string of the molecule is Cc1cc(C)c(-c2cc(C(CC(=O)O)NC(=O)[C@@H](CC(C)C)n3cc(CCN(C)C)c(C(F)(F)F)cc3=O)cc3c2CCC3)c(C)c1. The van der Waals surface area contributed by atoms with Crippen LogP contribution in [0.3, 0.4) is 0 Å². The lowest BCUT2D eigenvalue weighted by molar-refractivity contribution is -0.139. The van der Waals surface area contributed by atoms with Gasteiger partial charge in [0.15, 0.2) is 0 Å². The zero-order chi connectivity index (χ0) is 34.8. The molecule has 0 fully saturated rings. The Labute approximate surface area is 274 Å². The summed E-state index contributed by atoms with van der Waals surface area (Å²) < 4.78 is 43.0. The Morgan fingerprint density at radius 2 is 1.68 bits per heavy atom. The summed E-state index contributed by atoms with van der Waals surface area (Å²) in [7, 11) is 3.49. The van der Waals surface area contributed by atoms with Crippen molar-refractivity contribution in [2.75, 3.05) is 20.6 Å². The Bertz CT molecular complexity index is 1690. The molecule has 0 aliphatic heterocycles. The molecular formula is C37H46F3N3O4. The summed E-state index contributed by atoms with van der Waals surface area (Å²) in [5, 5.41) is 12.8. The van der Waals surface area contributed by atoms with Crippen LogP contribution in [0.25, 0.3) is 11.1 Å². The monoisotopic (exact) mass is 653 g/mol. The Hall–Kier alpha value is -3.92. The van der Waals surface area contributed by atoms with Crippen molar-refractivity contribution < 1.29 is 27.9 Å². The molecule has 0 saturated heterocycles. The molecule has 1 amide bonds. The van der Waals surface area contributed by atoms with Gasteiger partial charge in [-0.3, -0.25) is 14.4 Å². The van der Waals surface area contributed by atoms with Crippen molar-refractivity contribution in [1.82, 2.24) is 14.8 Å². The third-order valence-corrected chi connectivity index (χ3v) is 8.91. The topological polar surface area (TPSA) is 91.6 Å². The fraction of sp³-hybridized carbons (Fsp3) is 0.486. The highest BCUT2D eigenvalue weighted by molar-refractivity contribution is 5.82. The number of pyridine rings is 1. The molecular weight excluding hydrogens is 607 g/mol. The molecule has 1 aliphatic carbocycles. The Morgan fingerprint density at radius 3 is 2.26 bits per heavy atom. The number of likely N-dealkylation sites (N-methyl/N-ethyl adjacent to an activating group) is 1. The third-order valence-electron chi connectivity index (χ3n) is 8.91. The summed E-state index contributed by atoms with van der Waals surface area (Å²) in [6, 6.07) is 6.69. The normalized spacial score (nSPS) is 14.4. The van der Waals surface area contributed by atoms with Gasteiger partial charge in [-0.1, -0.05) is 37.6 Å². The van der Waals surface area contributed by atoms with Crippen LogP contribution in [0.15, 0.2) is 41.3 Å². The van der Waals surface area contributed by atoms with Crippen molar-refractivity contribution in [1.29, 1.82) is 0 Å². The van der Waals surface area contributed by atoms with Crippen LogP contribution in [-0.4, -0.2) is 47.1 Å². The van der Waals surface area contributed by atoms with Gasteiger partial charge in [-0.2, -0.15) is 13.2 Å². The average Bonchev–Trinajstić information content (AvgIpc) is 3.42. The largest absolute Gasteiger partial charge is 0.481 e. The summed E-state index contributed by atoms with van der Waals surface area (Å²) in [6.45, 7) is 10.2. The molecule has 10 heteroatoms. The number of hydrogen-bond donors (Lipinski definition) is 2. The smallest absolute Gasteiger partial charge is 0.416 e. The number of aryl methyl sites for hydroxylation is 4. The van der Waals surface area contributed by atoms with Gasteiger partial charge in [-0.25, -0.2) is 0 Å². The first-order chi connectivity index (χ1) is 22.0. The number of rotatable bonds is 12. The molecule has 0 radical (unpaired) electrons. The predicted molar refractivity (Wildman–Crippen MR) is 178 cm³/mol. The number of benzene rings is 2. The van der Waals surface area contributed by atoms with E-state index in [0.29, 0.717) is 18.2 Å². The number of carbonyl (C=O) groups is 2. The van der Waals surface area contributed by atoms with Crippen LogP contribution in [0.4, 0.5) is 13.2 Å². The minimum absolute atomic E-state index is 0.0233. The molecule has 0 bridgehead atoms. The molecule has 1 aliphatic rings. The quantitative estimate of drug-likeness (QED) is 0.220. The van der Waals surface area contributed by atoms with Crippen LogP contribution in [-0.2, 0) is 35.0 Å². The second kappa shape index (κ2) is 14.5. The lowest BCUT2D eigenvalue weighted by Crippen LogP contribution is -2.40. The Balaban J connectivity index is 1.80. The number of alkyl halides is 3. The standard InChI is InChI=1S/C37H46F3N3O4/c1-21(2)13-32(43-20-26(11-12-42(6)7)30(18-33(43)44)37(38,39)40)36(47)41-31(19-34(45)46)27-16-25-9-8-10-28(25)29(17-27)35-23(4)14-22(3)15-24(35)5/h14-18,20-21,31-32H,8-13,19H2,1-7H3,(H,41,47)(H,45,46)/t31?,32-/m1/s1. The Morgan fingerprint density at radius 1 is 1.02 bits per heavy atom. The van der Waals surface area contributed by atoms with E-state index in [-0.39, 0.29) is 24.3 Å². The van der Waals surface area contributed by atoms with E-state index in [1.807, 2.05) is 32.9 Å². The molecule has 0 spiro atoms. The Kier molecular flexibility index (Phi) is 11.1. The summed E-state index contributed by atoms with van der Waals surface area (Å²) in [4.78, 5) is 41.2. The molecule has 254 valence electrons. The number of aromatic nitrogens is 1. The van der Waals surface area contributed by atoms with E-state index >= 15 is 0 Å². The van der Waals surface area contributed by atoms with Crippen LogP contribution >= 0.6 is 0 Å². The molecule has 47 heavy (non-hydrogen) atoms. The van der Waals surface area contributed by atoms with Crippen molar-refractivity contribution in [3.63, 3.8) is 0 Å². The number of carboxylic acid groups (broad SMARTS) is 1. The number of nitrogens with one attached hydrogen (secondary N) is 1. The van der Waals surface area contributed by atoms with Gasteiger partial charge in [-0.05, 0) is 123 Å². The minimum Gasteiger partial charge on any atom is -0.481 e. The minimum atomic E-state index is -4.73. The number of carbonyl (C=O) groups excluding carboxylic acids is 1. The average molecular weight is 654 g/mol. The molecule has 2 N–H and O–H groups in total. The van der Waals surface area contributed by atoms with E-state index in [2.05, 4.69) is 31.3 Å². The first-order valence-electron chi connectivity index (χ1n) is 16.2. The van der Waals surface area contributed by atoms with Crippen molar-refractivity contribution in [3.8, 4) is 11.1 Å². The van der Waals surface area contributed by atoms with E-state index in [4.69, 9.17) is 0 Å². The van der Waals surface area contributed by atoms with Gasteiger partial charge in [0.05, 0.1) is 18.0 Å². The first kappa shape index (κ1) is 35.9. The van der Waals surface area contributed by atoms with Crippen molar-refractivity contribution in [3.05, 3.63) is 91.4 Å². The molecule has 4 rings (SSSR count). The van der Waals surface area contributed by atoms with Crippen LogP contribution < -0.4 is 10.9 Å². The van der Waals surface area contributed by atoms with E-state index < -0.39 is 47.7 Å². The van der Waals surface area contributed by atoms with Crippen LogP contribution in [0.5, 0.6) is 0 Å².